The third-order valence-corrected chi connectivity index (χ3v) is 19.1. The summed E-state index contributed by atoms with van der Waals surface area (Å²) in [5, 5.41) is 85.3. The molecular formula is C49H79N19O23P2. The summed E-state index contributed by atoms with van der Waals surface area (Å²) in [6, 6.07) is -4.61. The van der Waals surface area contributed by atoms with Crippen LogP contribution in [0.4, 0.5) is 11.6 Å². The van der Waals surface area contributed by atoms with E-state index in [0.29, 0.717) is 23.3 Å². The van der Waals surface area contributed by atoms with Crippen LogP contribution < -0.4 is 45.9 Å². The van der Waals surface area contributed by atoms with Crippen LogP contribution >= 0.6 is 15.6 Å². The molecule has 5 aromatic heterocycles. The van der Waals surface area contributed by atoms with Gasteiger partial charge in [-0.15, -0.1) is 5.10 Å². The number of nitrogen functional groups attached to an aromatic ring is 2. The van der Waals surface area contributed by atoms with Crippen molar-refractivity contribution in [3.63, 3.8) is 0 Å². The van der Waals surface area contributed by atoms with Crippen LogP contribution in [-0.4, -0.2) is 273 Å². The van der Waals surface area contributed by atoms with Gasteiger partial charge in [-0.25, -0.2) is 43.7 Å². The van der Waals surface area contributed by atoms with Crippen LogP contribution in [0.15, 0.2) is 31.5 Å². The first-order valence-corrected chi connectivity index (χ1v) is 32.8. The van der Waals surface area contributed by atoms with E-state index in [2.05, 4.69) is 40.2 Å². The molecular weight excluding hydrogens is 1280 g/mol. The Hall–Kier alpha value is -4.78. The highest BCUT2D eigenvalue weighted by atomic mass is 31.2. The van der Waals surface area contributed by atoms with E-state index in [1.807, 2.05) is 0 Å². The molecule has 6 aliphatic rings. The van der Waals surface area contributed by atoms with Crippen LogP contribution in [0.25, 0.3) is 22.3 Å². The minimum atomic E-state index is -5.03. The predicted molar refractivity (Wildman–Crippen MR) is 309 cm³/mol. The van der Waals surface area contributed by atoms with E-state index in [1.54, 1.807) is 6.20 Å². The van der Waals surface area contributed by atoms with Gasteiger partial charge in [0.25, 0.3) is 0 Å². The van der Waals surface area contributed by atoms with Crippen molar-refractivity contribution in [3.05, 3.63) is 37.2 Å². The predicted octanol–water partition coefficient (Wildman–Crippen LogP) is -7.86. The zero-order chi connectivity index (χ0) is 66.4. The molecule has 5 aromatic rings. The maximum absolute atomic E-state index is 13.6. The number of hydrogen-bond donors (Lipinski definition) is 17. The van der Waals surface area contributed by atoms with E-state index < -0.39 is 182 Å². The van der Waals surface area contributed by atoms with E-state index in [9.17, 15) is 54.7 Å². The van der Waals surface area contributed by atoms with Crippen molar-refractivity contribution in [1.82, 2.24) is 54.0 Å². The first-order chi connectivity index (χ1) is 44.3. The first-order valence-electron chi connectivity index (χ1n) is 29.8. The number of anilines is 2. The number of hydrogen-bond acceptors (Lipinski definition) is 37. The fourth-order valence-electron chi connectivity index (χ4n) is 12.0. The third-order valence-electron chi connectivity index (χ3n) is 17.1. The molecule has 0 bridgehead atoms. The quantitative estimate of drug-likeness (QED) is 0.0181. The number of nitrogens with two attached hydrogens (primary N) is 8. The van der Waals surface area contributed by atoms with Gasteiger partial charge in [-0.1, -0.05) is 5.21 Å². The van der Waals surface area contributed by atoms with Crippen molar-refractivity contribution in [3.8, 4) is 0 Å². The van der Waals surface area contributed by atoms with Crippen LogP contribution in [0, 0.1) is 0 Å². The molecule has 5 aliphatic heterocycles. The maximum Gasteiger partial charge on any atom is 0.472 e. The van der Waals surface area contributed by atoms with Gasteiger partial charge in [0.2, 0.25) is 0 Å². The van der Waals surface area contributed by atoms with Gasteiger partial charge in [-0.05, 0) is 25.7 Å². The highest BCUT2D eigenvalue weighted by Crippen LogP contribution is 2.51. The summed E-state index contributed by atoms with van der Waals surface area (Å²) in [7, 11) is -9.90. The number of aliphatic hydroxyl groups is 7. The summed E-state index contributed by atoms with van der Waals surface area (Å²) in [6.45, 7) is -2.30. The molecule has 0 spiro atoms. The number of phosphoric ester groups is 2. The molecule has 6 fully saturated rings. The number of phosphoric acid groups is 2. The van der Waals surface area contributed by atoms with Crippen molar-refractivity contribution in [2.45, 2.75) is 198 Å². The van der Waals surface area contributed by atoms with Crippen molar-refractivity contribution in [2.75, 3.05) is 44.4 Å². The lowest BCUT2D eigenvalue weighted by atomic mass is 9.84. The highest BCUT2D eigenvalue weighted by molar-refractivity contribution is 7.47. The molecule has 10 heterocycles. The molecule has 0 radical (unpaired) electrons. The lowest BCUT2D eigenvalue weighted by Gasteiger charge is -2.47. The number of fused-ring (bicyclic) bond motifs is 2. The van der Waals surface area contributed by atoms with E-state index in [4.69, 9.17) is 102 Å². The van der Waals surface area contributed by atoms with Crippen LogP contribution in [0.3, 0.4) is 0 Å². The molecule has 27 atom stereocenters. The summed E-state index contributed by atoms with van der Waals surface area (Å²) < 4.78 is 102. The third kappa shape index (κ3) is 15.2. The van der Waals surface area contributed by atoms with Crippen LogP contribution in [0.1, 0.15) is 50.3 Å². The number of imidazole rings is 2. The minimum Gasteiger partial charge on any atom is -0.390 e. The van der Waals surface area contributed by atoms with Gasteiger partial charge in [0.15, 0.2) is 41.8 Å². The molecule has 93 heavy (non-hydrogen) atoms. The minimum absolute atomic E-state index is 0.00961. The summed E-state index contributed by atoms with van der Waals surface area (Å²) in [6.07, 6.45) is -20.8. The van der Waals surface area contributed by atoms with Gasteiger partial charge in [0.05, 0.1) is 69.0 Å². The van der Waals surface area contributed by atoms with Gasteiger partial charge in [0, 0.05) is 44.2 Å². The molecule has 0 aromatic carbocycles. The van der Waals surface area contributed by atoms with Crippen molar-refractivity contribution in [2.24, 2.45) is 34.4 Å². The Morgan fingerprint density at radius 2 is 1.11 bits per heavy atom. The van der Waals surface area contributed by atoms with Crippen molar-refractivity contribution < 1.29 is 111 Å². The van der Waals surface area contributed by atoms with E-state index in [-0.39, 0.29) is 81.1 Å². The summed E-state index contributed by atoms with van der Waals surface area (Å²) >= 11 is 0. The molecule has 5 saturated heterocycles. The zero-order valence-corrected chi connectivity index (χ0v) is 51.3. The average molecular weight is 1360 g/mol. The number of aliphatic hydroxyl groups excluding tert-OH is 7. The number of ether oxygens (including phenoxy) is 8. The van der Waals surface area contributed by atoms with Gasteiger partial charge in [-0.2, -0.15) is 0 Å². The standard InChI is InChI=1S/C49H79N19O23P2/c50-8-23-35(71)37(73)30(54)47(85-23)88-40-20(53)5-19(52)34(70)42(40)90-49-39(75)41(89-48-31(55)38(74)36(72)24(9-51)86-48)25(87-49)11-66-10-18(64-65-66)3-1-2-4-80-92(76,77)81-13-27-22(7-29(84-27)68-17-63-33-44(57)59-15-61-46(33)68)91-93(78,79)82-12-26-21(69)6-28(83-26)67-16-62-32-43(56)58-14-60-45(32)67/h10,14-17,19-31,34-42,47-49,69-75H,1-9,11-13,50-55H2,(H,76,77)(H,78,79)(H2,56,58,60)(H2,57,59,61)/t19-,20+,21+,22+,23-,24+,25-,26-,27-,28-,29-,30-,31-,34+,35-,36-,37-,38-,39-,40-,41-,42-,47-,48-,49+/m1/s1. The van der Waals surface area contributed by atoms with E-state index >= 15 is 0 Å². The molecule has 1 saturated carbocycles. The molecule has 11 rings (SSSR count). The van der Waals surface area contributed by atoms with Gasteiger partial charge in [-0.3, -0.25) is 27.2 Å². The van der Waals surface area contributed by atoms with Crippen LogP contribution in [0.2, 0.25) is 0 Å². The molecule has 44 heteroatoms. The average Bonchev–Trinajstić information content (AvgIpc) is 2.24. The second kappa shape index (κ2) is 29.1. The number of nitrogens with zero attached hydrogens (tertiary/aromatic N) is 11. The Morgan fingerprint density at radius 3 is 1.72 bits per heavy atom. The zero-order valence-electron chi connectivity index (χ0n) is 49.5. The summed E-state index contributed by atoms with van der Waals surface area (Å²) in [4.78, 5) is 46.7. The topological polar surface area (TPSA) is 653 Å². The van der Waals surface area contributed by atoms with Gasteiger partial charge < -0.3 is 129 Å². The molecule has 2 unspecified atom stereocenters. The summed E-state index contributed by atoms with van der Waals surface area (Å²) in [5.41, 5.74) is 50.4. The number of rotatable bonds is 26. The normalized spacial score (nSPS) is 38.8. The van der Waals surface area contributed by atoms with Crippen LogP contribution in [-0.2, 0) is 78.1 Å². The van der Waals surface area contributed by atoms with E-state index in [1.165, 1.54) is 39.1 Å². The monoisotopic (exact) mass is 1360 g/mol. The molecule has 1 aliphatic carbocycles. The van der Waals surface area contributed by atoms with Crippen molar-refractivity contribution in [1.29, 1.82) is 0 Å². The first kappa shape index (κ1) is 69.6. The number of aromatic nitrogens is 11. The number of aryl methyl sites for hydroxylation is 1. The van der Waals surface area contributed by atoms with Gasteiger partial charge in [0.1, 0.15) is 122 Å². The smallest absolute Gasteiger partial charge is 0.390 e. The Balaban J connectivity index is 0.699. The Bertz CT molecular complexity index is 3400. The highest BCUT2D eigenvalue weighted by Gasteiger charge is 2.55. The SMILES string of the molecule is NC[C@@H]1O[C@H](O[C@H]2[C@@H](O)[C@H](O[C@@H]3[C@@H](O)[C@H](N)C[C@H](N)[C@H]3O[C@H]3O[C@H](CN)[C@@H](O)[C@H](O)[C@H]3N)O[C@@H]2Cn2cc(CCCCOP(=O)(O)OC[C@H]3O[C@@H](n4cnc5c(N)ncnc54)C[C@@H]3OP(=O)(O)OC[C@H]3O[C@@H](n4cnc5c(N)ncnc54)C[C@@H]3O)nn2)[C@H](N)[C@@H](O)[C@@H]1O. The lowest BCUT2D eigenvalue weighted by Crippen LogP contribution is -2.68. The van der Waals surface area contributed by atoms with Gasteiger partial charge >= 0.3 is 15.6 Å². The lowest BCUT2D eigenvalue weighted by molar-refractivity contribution is -0.306. The molecule has 518 valence electrons. The fraction of sp³-hybridized carbons (Fsp3) is 0.755. The Labute approximate surface area is 527 Å². The molecule has 25 N–H and O–H groups in total. The van der Waals surface area contributed by atoms with Crippen LogP contribution in [0.5, 0.6) is 0 Å². The largest absolute Gasteiger partial charge is 0.472 e. The van der Waals surface area contributed by atoms with Crippen molar-refractivity contribution >= 4 is 49.6 Å². The Morgan fingerprint density at radius 1 is 0.559 bits per heavy atom. The summed E-state index contributed by atoms with van der Waals surface area (Å²) in [5.74, 6) is 0.194. The molecule has 42 nitrogen and oxygen atoms in total. The second-order valence-corrected chi connectivity index (χ2v) is 26.3. The maximum atomic E-state index is 13.6. The van der Waals surface area contributed by atoms with E-state index in [0.717, 1.165) is 0 Å². The Kier molecular flexibility index (Phi) is 21.8. The fourth-order valence-corrected chi connectivity index (χ4v) is 13.7. The molecule has 0 amide bonds. The second-order valence-electron chi connectivity index (χ2n) is 23.4. The number of unbranched alkanes of at least 4 members (excludes halogenated alkanes) is 1.